The Morgan fingerprint density at radius 1 is 1.03 bits per heavy atom. The number of benzene rings is 3. The van der Waals surface area contributed by atoms with Gasteiger partial charge in [0.1, 0.15) is 11.6 Å². The third-order valence-electron chi connectivity index (χ3n) is 7.07. The van der Waals surface area contributed by atoms with Gasteiger partial charge >= 0.3 is 6.03 Å². The minimum Gasteiger partial charge on any atom is -0.497 e. The number of urea groups is 1. The first-order valence-electron chi connectivity index (χ1n) is 12.9. The average molecular weight is 538 g/mol. The summed E-state index contributed by atoms with van der Waals surface area (Å²) in [5, 5.41) is 8.65. The van der Waals surface area contributed by atoms with Gasteiger partial charge in [-0.3, -0.25) is 0 Å². The zero-order valence-electron chi connectivity index (χ0n) is 21.7. The van der Waals surface area contributed by atoms with Gasteiger partial charge in [-0.15, -0.1) is 0 Å². The Kier molecular flexibility index (Phi) is 6.59. The molecule has 0 fully saturated rings. The lowest BCUT2D eigenvalue weighted by Gasteiger charge is -2.31. The van der Waals surface area contributed by atoms with Crippen LogP contribution in [-0.2, 0) is 13.0 Å². The first kappa shape index (κ1) is 24.8. The minimum absolute atomic E-state index is 0.229. The molecule has 0 bridgehead atoms. The third-order valence-corrected chi connectivity index (χ3v) is 7.31. The van der Waals surface area contributed by atoms with E-state index in [4.69, 9.17) is 21.4 Å². The molecule has 1 N–H and O–H groups in total. The predicted octanol–water partition coefficient (Wildman–Crippen LogP) is 7.02. The van der Waals surface area contributed by atoms with Crippen molar-refractivity contribution in [1.29, 1.82) is 0 Å². The standard InChI is InChI=1S/C31H28ClN5O2/c1-3-27-26-20-36(31(38)33-23-10-7-9-22(32)19-23)29(21-14-16-25(39-2)17-15-21)28-13-8-18-35(28)30(26)37(34-27)24-11-5-4-6-12-24/h4-19,29H,3,20H2,1-2H3,(H,33,38)/t29-/m1/s1. The van der Waals surface area contributed by atoms with Gasteiger partial charge in [-0.25, -0.2) is 9.48 Å². The molecule has 0 saturated carbocycles. The van der Waals surface area contributed by atoms with Crippen LogP contribution in [0.2, 0.25) is 5.02 Å². The van der Waals surface area contributed by atoms with E-state index in [0.717, 1.165) is 46.2 Å². The summed E-state index contributed by atoms with van der Waals surface area (Å²) in [5.41, 5.74) is 5.49. The number of para-hydroxylation sites is 1. The van der Waals surface area contributed by atoms with Crippen molar-refractivity contribution in [2.75, 3.05) is 12.4 Å². The SMILES string of the molecule is CCc1nn(-c2ccccc2)c2c1CN(C(=O)Nc1cccc(Cl)c1)[C@H](c1ccc(OC)cc1)c1cccn1-2. The first-order chi connectivity index (χ1) is 19.1. The summed E-state index contributed by atoms with van der Waals surface area (Å²) in [4.78, 5) is 15.9. The number of carbonyl (C=O) groups is 1. The van der Waals surface area contributed by atoms with Crippen LogP contribution in [0.25, 0.3) is 11.5 Å². The van der Waals surface area contributed by atoms with Gasteiger partial charge in [-0.2, -0.15) is 5.10 Å². The van der Waals surface area contributed by atoms with E-state index in [1.807, 2.05) is 88.6 Å². The molecule has 0 unspecified atom stereocenters. The summed E-state index contributed by atoms with van der Waals surface area (Å²) in [6.45, 7) is 2.47. The molecule has 0 saturated heterocycles. The zero-order chi connectivity index (χ0) is 26.9. The number of nitrogens with one attached hydrogen (secondary N) is 1. The van der Waals surface area contributed by atoms with E-state index in [1.165, 1.54) is 0 Å². The predicted molar refractivity (Wildman–Crippen MR) is 153 cm³/mol. The Bertz CT molecular complexity index is 1620. The Morgan fingerprint density at radius 2 is 1.82 bits per heavy atom. The number of ether oxygens (including phenoxy) is 1. The molecular weight excluding hydrogens is 510 g/mol. The smallest absolute Gasteiger partial charge is 0.322 e. The summed E-state index contributed by atoms with van der Waals surface area (Å²) in [6, 6.07) is 28.7. The lowest BCUT2D eigenvalue weighted by molar-refractivity contribution is 0.194. The van der Waals surface area contributed by atoms with Gasteiger partial charge in [0.2, 0.25) is 0 Å². The molecule has 2 aromatic heterocycles. The lowest BCUT2D eigenvalue weighted by Crippen LogP contribution is -2.38. The molecule has 3 heterocycles. The fraction of sp³-hybridized carbons (Fsp3) is 0.161. The summed E-state index contributed by atoms with van der Waals surface area (Å²) in [7, 11) is 1.65. The van der Waals surface area contributed by atoms with Crippen LogP contribution in [-0.4, -0.2) is 32.4 Å². The highest BCUT2D eigenvalue weighted by molar-refractivity contribution is 6.30. The highest BCUT2D eigenvalue weighted by Gasteiger charge is 2.36. The van der Waals surface area contributed by atoms with Gasteiger partial charge < -0.3 is 19.5 Å². The van der Waals surface area contributed by atoms with Gasteiger partial charge in [0.25, 0.3) is 0 Å². The Balaban J connectivity index is 1.54. The fourth-order valence-electron chi connectivity index (χ4n) is 5.25. The number of aryl methyl sites for hydroxylation is 1. The van der Waals surface area contributed by atoms with Gasteiger partial charge in [0.05, 0.1) is 36.8 Å². The number of anilines is 1. The Morgan fingerprint density at radius 3 is 2.54 bits per heavy atom. The molecule has 8 heteroatoms. The molecule has 0 spiro atoms. The van der Waals surface area contributed by atoms with Crippen LogP contribution < -0.4 is 10.1 Å². The van der Waals surface area contributed by atoms with E-state index in [2.05, 4.69) is 22.9 Å². The minimum atomic E-state index is -0.369. The number of fused-ring (bicyclic) bond motifs is 3. The van der Waals surface area contributed by atoms with Crippen molar-refractivity contribution < 1.29 is 9.53 Å². The molecule has 7 nitrogen and oxygen atoms in total. The van der Waals surface area contributed by atoms with Crippen LogP contribution in [0.1, 0.15) is 35.5 Å². The molecule has 0 radical (unpaired) electrons. The molecule has 39 heavy (non-hydrogen) atoms. The number of amides is 2. The van der Waals surface area contributed by atoms with Crippen molar-refractivity contribution in [2.45, 2.75) is 25.9 Å². The van der Waals surface area contributed by atoms with Crippen molar-refractivity contribution in [1.82, 2.24) is 19.2 Å². The number of rotatable bonds is 5. The largest absolute Gasteiger partial charge is 0.497 e. The highest BCUT2D eigenvalue weighted by Crippen LogP contribution is 2.39. The number of hydrogen-bond acceptors (Lipinski definition) is 3. The van der Waals surface area contributed by atoms with Crippen molar-refractivity contribution in [2.24, 2.45) is 0 Å². The molecule has 3 aromatic carbocycles. The van der Waals surface area contributed by atoms with E-state index in [1.54, 1.807) is 19.2 Å². The molecule has 1 atom stereocenters. The van der Waals surface area contributed by atoms with Crippen LogP contribution in [0.5, 0.6) is 5.75 Å². The summed E-state index contributed by atoms with van der Waals surface area (Å²) < 4.78 is 9.56. The fourth-order valence-corrected chi connectivity index (χ4v) is 5.44. The third kappa shape index (κ3) is 4.55. The van der Waals surface area contributed by atoms with E-state index in [9.17, 15) is 4.79 Å². The van der Waals surface area contributed by atoms with E-state index < -0.39 is 0 Å². The van der Waals surface area contributed by atoms with Crippen molar-refractivity contribution in [3.8, 4) is 17.3 Å². The number of aromatic nitrogens is 3. The molecule has 5 aromatic rings. The van der Waals surface area contributed by atoms with E-state index in [-0.39, 0.29) is 12.1 Å². The zero-order valence-corrected chi connectivity index (χ0v) is 22.5. The van der Waals surface area contributed by atoms with Gasteiger partial charge in [0.15, 0.2) is 0 Å². The number of methoxy groups -OCH3 is 1. The second kappa shape index (κ2) is 10.3. The molecule has 6 rings (SSSR count). The van der Waals surface area contributed by atoms with Gasteiger partial charge in [-0.05, 0) is 66.6 Å². The molecule has 2 amide bonds. The summed E-state index contributed by atoms with van der Waals surface area (Å²) >= 11 is 6.22. The lowest BCUT2D eigenvalue weighted by atomic mass is 10.0. The molecule has 0 aliphatic carbocycles. The molecule has 196 valence electrons. The van der Waals surface area contributed by atoms with E-state index in [0.29, 0.717) is 17.3 Å². The monoisotopic (exact) mass is 537 g/mol. The van der Waals surface area contributed by atoms with Crippen LogP contribution in [0.3, 0.4) is 0 Å². The van der Waals surface area contributed by atoms with Crippen molar-refractivity contribution in [3.05, 3.63) is 125 Å². The summed E-state index contributed by atoms with van der Waals surface area (Å²) in [5.74, 6) is 1.70. The normalized spacial score (nSPS) is 14.3. The maximum Gasteiger partial charge on any atom is 0.322 e. The topological polar surface area (TPSA) is 64.3 Å². The summed E-state index contributed by atoms with van der Waals surface area (Å²) in [6.07, 6.45) is 2.78. The maximum atomic E-state index is 14.1. The van der Waals surface area contributed by atoms with Crippen LogP contribution in [0.4, 0.5) is 10.5 Å². The average Bonchev–Trinajstić information content (AvgIpc) is 3.55. The van der Waals surface area contributed by atoms with Crippen LogP contribution in [0.15, 0.2) is 97.2 Å². The molecule has 1 aliphatic heterocycles. The second-order valence-electron chi connectivity index (χ2n) is 9.40. The highest BCUT2D eigenvalue weighted by atomic mass is 35.5. The first-order valence-corrected chi connectivity index (χ1v) is 13.3. The number of nitrogens with zero attached hydrogens (tertiary/aromatic N) is 4. The maximum absolute atomic E-state index is 14.1. The molecular formula is C31H28ClN5O2. The van der Waals surface area contributed by atoms with Crippen molar-refractivity contribution in [3.63, 3.8) is 0 Å². The quantitative estimate of drug-likeness (QED) is 0.262. The van der Waals surface area contributed by atoms with Crippen LogP contribution >= 0.6 is 11.6 Å². The Hall–Kier alpha value is -4.49. The second-order valence-corrected chi connectivity index (χ2v) is 9.83. The number of hydrogen-bond donors (Lipinski definition) is 1. The van der Waals surface area contributed by atoms with Gasteiger partial charge in [-0.1, -0.05) is 54.9 Å². The molecule has 1 aliphatic rings. The number of carbonyl (C=O) groups excluding carboxylic acids is 1. The van der Waals surface area contributed by atoms with Gasteiger partial charge in [0, 0.05) is 22.5 Å². The number of halogens is 1. The Labute approximate surface area is 232 Å². The van der Waals surface area contributed by atoms with E-state index >= 15 is 0 Å². The van der Waals surface area contributed by atoms with Crippen LogP contribution in [0, 0.1) is 0 Å². The van der Waals surface area contributed by atoms with Crippen molar-refractivity contribution >= 4 is 23.3 Å².